The van der Waals surface area contributed by atoms with Gasteiger partial charge in [0.05, 0.1) is 18.6 Å². The van der Waals surface area contributed by atoms with Gasteiger partial charge in [0, 0.05) is 0 Å². The van der Waals surface area contributed by atoms with Crippen LogP contribution in [0.15, 0.2) is 0 Å². The number of carboxylic acids is 1. The molecule has 0 aromatic rings. The van der Waals surface area contributed by atoms with E-state index < -0.39 is 17.7 Å². The Morgan fingerprint density at radius 1 is 1.50 bits per heavy atom. The summed E-state index contributed by atoms with van der Waals surface area (Å²) < 4.78 is 10.9. The number of aliphatic carboxylic acids is 1. The van der Waals surface area contributed by atoms with Gasteiger partial charge in [-0.25, -0.2) is 0 Å². The molecule has 2 unspecified atom stereocenters. The first-order valence-corrected chi connectivity index (χ1v) is 4.88. The summed E-state index contributed by atoms with van der Waals surface area (Å²) in [5.41, 5.74) is 0. The lowest BCUT2D eigenvalue weighted by atomic mass is 9.91. The van der Waals surface area contributed by atoms with E-state index in [1.54, 1.807) is 13.8 Å². The molecule has 1 rings (SSSR count). The quantitative estimate of drug-likeness (QED) is 0.753. The SMILES string of the molecule is CC(C)C(C(=O)O)C1COC(C)(C)O1. The van der Waals surface area contributed by atoms with E-state index in [9.17, 15) is 4.79 Å². The van der Waals surface area contributed by atoms with Crippen LogP contribution in [0.1, 0.15) is 27.7 Å². The van der Waals surface area contributed by atoms with Crippen molar-refractivity contribution in [3.63, 3.8) is 0 Å². The van der Waals surface area contributed by atoms with Crippen LogP contribution in [0.5, 0.6) is 0 Å². The molecule has 0 saturated carbocycles. The Bertz CT molecular complexity index is 222. The average molecular weight is 202 g/mol. The molecule has 1 heterocycles. The van der Waals surface area contributed by atoms with Crippen LogP contribution in [0.25, 0.3) is 0 Å². The predicted molar refractivity (Wildman–Crippen MR) is 50.9 cm³/mol. The van der Waals surface area contributed by atoms with Gasteiger partial charge in [-0.05, 0) is 19.8 Å². The van der Waals surface area contributed by atoms with Crippen molar-refractivity contribution in [2.45, 2.75) is 39.6 Å². The Morgan fingerprint density at radius 3 is 2.36 bits per heavy atom. The van der Waals surface area contributed by atoms with Crippen LogP contribution >= 0.6 is 0 Å². The lowest BCUT2D eigenvalue weighted by molar-refractivity contribution is -0.162. The van der Waals surface area contributed by atoms with Gasteiger partial charge in [0.1, 0.15) is 0 Å². The molecule has 0 aromatic carbocycles. The minimum Gasteiger partial charge on any atom is -0.481 e. The van der Waals surface area contributed by atoms with Crippen LogP contribution in [0.4, 0.5) is 0 Å². The maximum Gasteiger partial charge on any atom is 0.309 e. The van der Waals surface area contributed by atoms with E-state index in [1.807, 2.05) is 13.8 Å². The highest BCUT2D eigenvalue weighted by atomic mass is 16.7. The van der Waals surface area contributed by atoms with E-state index >= 15 is 0 Å². The van der Waals surface area contributed by atoms with E-state index in [4.69, 9.17) is 14.6 Å². The number of carbonyl (C=O) groups is 1. The fourth-order valence-electron chi connectivity index (χ4n) is 1.77. The third kappa shape index (κ3) is 2.45. The number of hydrogen-bond donors (Lipinski definition) is 1. The van der Waals surface area contributed by atoms with E-state index in [0.717, 1.165) is 0 Å². The molecule has 82 valence electrons. The molecular formula is C10H18O4. The molecule has 1 N–H and O–H groups in total. The lowest BCUT2D eigenvalue weighted by Gasteiger charge is -2.23. The standard InChI is InChI=1S/C10H18O4/c1-6(2)8(9(11)12)7-5-13-10(3,4)14-7/h6-8H,5H2,1-4H3,(H,11,12). The molecule has 4 nitrogen and oxygen atoms in total. The Kier molecular flexibility index (Phi) is 3.17. The van der Waals surface area contributed by atoms with Crippen molar-refractivity contribution in [3.8, 4) is 0 Å². The summed E-state index contributed by atoms with van der Waals surface area (Å²) >= 11 is 0. The van der Waals surface area contributed by atoms with Gasteiger partial charge >= 0.3 is 5.97 Å². The first kappa shape index (κ1) is 11.5. The van der Waals surface area contributed by atoms with Crippen molar-refractivity contribution < 1.29 is 19.4 Å². The van der Waals surface area contributed by atoms with Crippen molar-refractivity contribution in [3.05, 3.63) is 0 Å². The van der Waals surface area contributed by atoms with Crippen molar-refractivity contribution >= 4 is 5.97 Å². The smallest absolute Gasteiger partial charge is 0.309 e. The second-order valence-corrected chi connectivity index (χ2v) is 4.48. The molecule has 2 atom stereocenters. The second kappa shape index (κ2) is 3.87. The number of carboxylic acid groups (broad SMARTS) is 1. The predicted octanol–water partition coefficient (Wildman–Crippen LogP) is 1.49. The molecule has 0 bridgehead atoms. The van der Waals surface area contributed by atoms with Gasteiger partial charge < -0.3 is 14.6 Å². The zero-order chi connectivity index (χ0) is 10.9. The highest BCUT2D eigenvalue weighted by Crippen LogP contribution is 2.30. The number of hydrogen-bond acceptors (Lipinski definition) is 3. The molecule has 1 aliphatic rings. The van der Waals surface area contributed by atoms with Crippen LogP contribution in [0, 0.1) is 11.8 Å². The first-order valence-electron chi connectivity index (χ1n) is 4.88. The molecule has 0 amide bonds. The van der Waals surface area contributed by atoms with Crippen molar-refractivity contribution in [1.82, 2.24) is 0 Å². The third-order valence-corrected chi connectivity index (χ3v) is 2.43. The van der Waals surface area contributed by atoms with Crippen molar-refractivity contribution in [2.75, 3.05) is 6.61 Å². The zero-order valence-corrected chi connectivity index (χ0v) is 9.11. The largest absolute Gasteiger partial charge is 0.481 e. The summed E-state index contributed by atoms with van der Waals surface area (Å²) in [5, 5.41) is 9.04. The normalized spacial score (nSPS) is 27.9. The van der Waals surface area contributed by atoms with Crippen molar-refractivity contribution in [2.24, 2.45) is 11.8 Å². The van der Waals surface area contributed by atoms with Crippen molar-refractivity contribution in [1.29, 1.82) is 0 Å². The average Bonchev–Trinajstić information content (AvgIpc) is 2.28. The molecule has 1 fully saturated rings. The van der Waals surface area contributed by atoms with Crippen LogP contribution in [-0.2, 0) is 14.3 Å². The van der Waals surface area contributed by atoms with Gasteiger partial charge in [-0.3, -0.25) is 4.79 Å². The molecule has 1 aliphatic heterocycles. The van der Waals surface area contributed by atoms with Crippen LogP contribution in [0.2, 0.25) is 0 Å². The summed E-state index contributed by atoms with van der Waals surface area (Å²) in [6, 6.07) is 0. The van der Waals surface area contributed by atoms with E-state index in [1.165, 1.54) is 0 Å². The summed E-state index contributed by atoms with van der Waals surface area (Å²) in [6.07, 6.45) is -0.331. The zero-order valence-electron chi connectivity index (χ0n) is 9.11. The van der Waals surface area contributed by atoms with Crippen LogP contribution in [0.3, 0.4) is 0 Å². The minimum atomic E-state index is -0.814. The fraction of sp³-hybridized carbons (Fsp3) is 0.900. The second-order valence-electron chi connectivity index (χ2n) is 4.48. The van der Waals surface area contributed by atoms with Gasteiger partial charge in [0.25, 0.3) is 0 Å². The maximum atomic E-state index is 11.0. The molecule has 0 aromatic heterocycles. The topological polar surface area (TPSA) is 55.8 Å². The Labute approximate surface area is 84.2 Å². The third-order valence-electron chi connectivity index (χ3n) is 2.43. The van der Waals surface area contributed by atoms with E-state index in [2.05, 4.69) is 0 Å². The van der Waals surface area contributed by atoms with Gasteiger partial charge in [-0.15, -0.1) is 0 Å². The van der Waals surface area contributed by atoms with E-state index in [0.29, 0.717) is 6.61 Å². The highest BCUT2D eigenvalue weighted by Gasteiger charge is 2.41. The number of rotatable bonds is 3. The van der Waals surface area contributed by atoms with Gasteiger partial charge in [0.2, 0.25) is 0 Å². The summed E-state index contributed by atoms with van der Waals surface area (Å²) in [6.45, 7) is 7.72. The molecule has 0 aliphatic carbocycles. The van der Waals surface area contributed by atoms with Gasteiger partial charge in [-0.1, -0.05) is 13.8 Å². The fourth-order valence-corrected chi connectivity index (χ4v) is 1.77. The summed E-state index contributed by atoms with van der Waals surface area (Å²) in [7, 11) is 0. The molecule has 0 radical (unpaired) electrons. The lowest BCUT2D eigenvalue weighted by Crippen LogP contribution is -2.35. The molecule has 4 heteroatoms. The van der Waals surface area contributed by atoms with E-state index in [-0.39, 0.29) is 12.0 Å². The Hall–Kier alpha value is -0.610. The molecular weight excluding hydrogens is 184 g/mol. The van der Waals surface area contributed by atoms with Gasteiger partial charge in [0.15, 0.2) is 5.79 Å². The van der Waals surface area contributed by atoms with Crippen LogP contribution in [-0.4, -0.2) is 29.6 Å². The number of ether oxygens (including phenoxy) is 2. The maximum absolute atomic E-state index is 11.0. The molecule has 14 heavy (non-hydrogen) atoms. The van der Waals surface area contributed by atoms with Gasteiger partial charge in [-0.2, -0.15) is 0 Å². The Morgan fingerprint density at radius 2 is 2.07 bits per heavy atom. The summed E-state index contributed by atoms with van der Waals surface area (Å²) in [4.78, 5) is 11.0. The minimum absolute atomic E-state index is 0.0509. The monoisotopic (exact) mass is 202 g/mol. The highest BCUT2D eigenvalue weighted by molar-refractivity contribution is 5.71. The summed E-state index contributed by atoms with van der Waals surface area (Å²) in [5.74, 6) is -1.90. The molecule has 1 saturated heterocycles. The molecule has 0 spiro atoms. The Balaban J connectivity index is 2.68. The van der Waals surface area contributed by atoms with Crippen LogP contribution < -0.4 is 0 Å². The first-order chi connectivity index (χ1) is 6.33.